The average molecular weight is 428 g/mol. The molecule has 4 amide bonds. The standard InChI is InChI=1S/C22H29N5O4/c1-14-17(27-12-8-18(28)24-20(27)29)13-15-5-11-26(19(15)23-14)16-6-9-25(10-7-16)21(30)31-22(2,3)4/h5,11,13,16H,6-10,12H2,1-4H3,(H,24,28,29). The first kappa shape index (κ1) is 21.1. The molecule has 31 heavy (non-hydrogen) atoms. The van der Waals surface area contributed by atoms with Gasteiger partial charge in [-0.2, -0.15) is 0 Å². The van der Waals surface area contributed by atoms with Crippen molar-refractivity contribution in [2.75, 3.05) is 24.5 Å². The number of imide groups is 1. The van der Waals surface area contributed by atoms with Crippen molar-refractivity contribution in [2.45, 2.75) is 58.6 Å². The molecule has 2 fully saturated rings. The van der Waals surface area contributed by atoms with Crippen LogP contribution in [0.2, 0.25) is 0 Å². The highest BCUT2D eigenvalue weighted by Gasteiger charge is 2.29. The molecule has 0 radical (unpaired) electrons. The van der Waals surface area contributed by atoms with Gasteiger partial charge < -0.3 is 14.2 Å². The van der Waals surface area contributed by atoms with Crippen molar-refractivity contribution in [3.63, 3.8) is 0 Å². The van der Waals surface area contributed by atoms with E-state index in [0.29, 0.717) is 19.6 Å². The highest BCUT2D eigenvalue weighted by Crippen LogP contribution is 2.31. The minimum Gasteiger partial charge on any atom is -0.444 e. The maximum Gasteiger partial charge on any atom is 0.410 e. The number of amides is 4. The van der Waals surface area contributed by atoms with Gasteiger partial charge >= 0.3 is 12.1 Å². The number of piperidine rings is 1. The number of pyridine rings is 1. The third kappa shape index (κ3) is 4.35. The molecule has 2 aliphatic heterocycles. The lowest BCUT2D eigenvalue weighted by atomic mass is 10.1. The number of ether oxygens (including phenoxy) is 1. The van der Waals surface area contributed by atoms with Crippen LogP contribution in [-0.2, 0) is 9.53 Å². The van der Waals surface area contributed by atoms with Gasteiger partial charge in [0.1, 0.15) is 11.2 Å². The molecule has 2 aromatic rings. The molecule has 9 heteroatoms. The zero-order valence-electron chi connectivity index (χ0n) is 18.5. The summed E-state index contributed by atoms with van der Waals surface area (Å²) < 4.78 is 7.65. The molecule has 2 saturated heterocycles. The predicted molar refractivity (Wildman–Crippen MR) is 116 cm³/mol. The van der Waals surface area contributed by atoms with Gasteiger partial charge in [0.2, 0.25) is 5.91 Å². The second-order valence-corrected chi connectivity index (χ2v) is 9.18. The Kier molecular flexibility index (Phi) is 5.36. The zero-order valence-corrected chi connectivity index (χ0v) is 18.5. The Morgan fingerprint density at radius 2 is 1.90 bits per heavy atom. The van der Waals surface area contributed by atoms with E-state index in [1.807, 2.05) is 46.0 Å². The number of fused-ring (bicyclic) bond motifs is 1. The van der Waals surface area contributed by atoms with E-state index >= 15 is 0 Å². The van der Waals surface area contributed by atoms with Gasteiger partial charge in [0, 0.05) is 43.7 Å². The summed E-state index contributed by atoms with van der Waals surface area (Å²) in [4.78, 5) is 44.1. The third-order valence-electron chi connectivity index (χ3n) is 5.71. The van der Waals surface area contributed by atoms with Gasteiger partial charge in [-0.3, -0.25) is 15.0 Å². The lowest BCUT2D eigenvalue weighted by Gasteiger charge is -2.34. The Morgan fingerprint density at radius 3 is 2.55 bits per heavy atom. The minimum atomic E-state index is -0.498. The average Bonchev–Trinajstić information content (AvgIpc) is 3.09. The monoisotopic (exact) mass is 427 g/mol. The molecule has 9 nitrogen and oxygen atoms in total. The van der Waals surface area contributed by atoms with Gasteiger partial charge in [-0.1, -0.05) is 0 Å². The summed E-state index contributed by atoms with van der Waals surface area (Å²) in [5, 5.41) is 3.30. The van der Waals surface area contributed by atoms with Crippen molar-refractivity contribution >= 4 is 34.8 Å². The van der Waals surface area contributed by atoms with E-state index in [2.05, 4.69) is 9.88 Å². The Morgan fingerprint density at radius 1 is 1.19 bits per heavy atom. The van der Waals surface area contributed by atoms with Crippen molar-refractivity contribution < 1.29 is 19.1 Å². The van der Waals surface area contributed by atoms with Crippen molar-refractivity contribution in [1.29, 1.82) is 0 Å². The molecule has 0 atom stereocenters. The van der Waals surface area contributed by atoms with Crippen LogP contribution in [0.5, 0.6) is 0 Å². The summed E-state index contributed by atoms with van der Waals surface area (Å²) in [6.07, 6.45) is 3.68. The van der Waals surface area contributed by atoms with Crippen molar-refractivity contribution in [3.05, 3.63) is 24.0 Å². The number of aromatic nitrogens is 2. The van der Waals surface area contributed by atoms with E-state index in [1.54, 1.807) is 9.80 Å². The largest absolute Gasteiger partial charge is 0.444 e. The molecular formula is C22H29N5O4. The van der Waals surface area contributed by atoms with Crippen LogP contribution in [-0.4, -0.2) is 57.7 Å². The molecule has 0 spiro atoms. The molecule has 0 aliphatic carbocycles. The van der Waals surface area contributed by atoms with Crippen molar-refractivity contribution in [2.24, 2.45) is 0 Å². The van der Waals surface area contributed by atoms with Crippen molar-refractivity contribution in [3.8, 4) is 0 Å². The number of carbonyl (C=O) groups is 3. The summed E-state index contributed by atoms with van der Waals surface area (Å²) in [7, 11) is 0. The summed E-state index contributed by atoms with van der Waals surface area (Å²) in [5.41, 5.74) is 1.83. The molecule has 0 saturated carbocycles. The fraction of sp³-hybridized carbons (Fsp3) is 0.545. The van der Waals surface area contributed by atoms with Gasteiger partial charge in [-0.15, -0.1) is 0 Å². The number of rotatable bonds is 2. The molecule has 4 rings (SSSR count). The summed E-state index contributed by atoms with van der Waals surface area (Å²) >= 11 is 0. The van der Waals surface area contributed by atoms with E-state index in [4.69, 9.17) is 9.72 Å². The van der Waals surface area contributed by atoms with Gasteiger partial charge in [-0.05, 0) is 52.7 Å². The number of carbonyl (C=O) groups excluding carboxylic acids is 3. The third-order valence-corrected chi connectivity index (χ3v) is 5.71. The maximum absolute atomic E-state index is 12.3. The first-order valence-electron chi connectivity index (χ1n) is 10.7. The Hall–Kier alpha value is -3.10. The van der Waals surface area contributed by atoms with Crippen LogP contribution < -0.4 is 10.2 Å². The van der Waals surface area contributed by atoms with Gasteiger partial charge in [0.25, 0.3) is 0 Å². The van der Waals surface area contributed by atoms with Crippen LogP contribution in [0.1, 0.15) is 51.8 Å². The van der Waals surface area contributed by atoms with Crippen LogP contribution in [0, 0.1) is 6.92 Å². The number of hydrogen-bond donors (Lipinski definition) is 1. The zero-order chi connectivity index (χ0) is 22.3. The molecule has 2 aromatic heterocycles. The molecule has 166 valence electrons. The van der Waals surface area contributed by atoms with Crippen LogP contribution in [0.3, 0.4) is 0 Å². The van der Waals surface area contributed by atoms with Gasteiger partial charge in [-0.25, -0.2) is 14.6 Å². The van der Waals surface area contributed by atoms with E-state index in [-0.39, 0.29) is 24.5 Å². The number of aryl methyl sites for hydroxylation is 1. The second kappa shape index (κ2) is 7.86. The number of nitrogens with one attached hydrogen (secondary N) is 1. The first-order chi connectivity index (χ1) is 14.6. The lowest BCUT2D eigenvalue weighted by Crippen LogP contribution is -2.49. The van der Waals surface area contributed by atoms with Gasteiger partial charge in [0.15, 0.2) is 0 Å². The highest BCUT2D eigenvalue weighted by atomic mass is 16.6. The SMILES string of the molecule is Cc1nc2c(ccn2C2CCN(C(=O)OC(C)(C)C)CC2)cc1N1CCC(=O)NC1=O. The number of hydrogen-bond acceptors (Lipinski definition) is 5. The Labute approximate surface area is 181 Å². The van der Waals surface area contributed by atoms with E-state index in [1.165, 1.54) is 0 Å². The molecule has 0 aromatic carbocycles. The highest BCUT2D eigenvalue weighted by molar-refractivity contribution is 6.06. The normalized spacial score (nSPS) is 18.5. The summed E-state index contributed by atoms with van der Waals surface area (Å²) in [5.74, 6) is -0.253. The van der Waals surface area contributed by atoms with Crippen LogP contribution >= 0.6 is 0 Å². The summed E-state index contributed by atoms with van der Waals surface area (Å²) in [6, 6.07) is 3.79. The van der Waals surface area contributed by atoms with Crippen LogP contribution in [0.25, 0.3) is 11.0 Å². The first-order valence-corrected chi connectivity index (χ1v) is 10.7. The van der Waals surface area contributed by atoms with Crippen molar-refractivity contribution in [1.82, 2.24) is 19.8 Å². The smallest absolute Gasteiger partial charge is 0.410 e. The topological polar surface area (TPSA) is 96.8 Å². The number of likely N-dealkylation sites (tertiary alicyclic amines) is 1. The quantitative estimate of drug-likeness (QED) is 0.793. The number of nitrogens with zero attached hydrogens (tertiary/aromatic N) is 4. The molecule has 4 heterocycles. The summed E-state index contributed by atoms with van der Waals surface area (Å²) in [6.45, 7) is 9.12. The van der Waals surface area contributed by atoms with E-state index < -0.39 is 11.6 Å². The molecule has 1 N–H and O–H groups in total. The molecule has 0 bridgehead atoms. The maximum atomic E-state index is 12.3. The molecular weight excluding hydrogens is 398 g/mol. The predicted octanol–water partition coefficient (Wildman–Crippen LogP) is 3.36. The van der Waals surface area contributed by atoms with Crippen LogP contribution in [0.4, 0.5) is 15.3 Å². The van der Waals surface area contributed by atoms with E-state index in [9.17, 15) is 14.4 Å². The second-order valence-electron chi connectivity index (χ2n) is 9.18. The number of anilines is 1. The Bertz CT molecular complexity index is 1030. The minimum absolute atomic E-state index is 0.241. The molecule has 2 aliphatic rings. The molecule has 0 unspecified atom stereocenters. The van der Waals surface area contributed by atoms with Gasteiger partial charge in [0.05, 0.1) is 11.4 Å². The van der Waals surface area contributed by atoms with Crippen LogP contribution in [0.15, 0.2) is 18.3 Å². The fourth-order valence-corrected chi connectivity index (χ4v) is 4.17. The fourth-order valence-electron chi connectivity index (χ4n) is 4.17. The lowest BCUT2D eigenvalue weighted by molar-refractivity contribution is -0.120. The Balaban J connectivity index is 1.50. The number of urea groups is 1. The van der Waals surface area contributed by atoms with E-state index in [0.717, 1.165) is 35.3 Å².